The molecule has 6 heteroatoms. The van der Waals surface area contributed by atoms with E-state index >= 15 is 0 Å². The summed E-state index contributed by atoms with van der Waals surface area (Å²) < 4.78 is 5.82. The van der Waals surface area contributed by atoms with Gasteiger partial charge in [-0.1, -0.05) is 31.4 Å². The number of hydrogen-bond acceptors (Lipinski definition) is 4. The van der Waals surface area contributed by atoms with Gasteiger partial charge in [-0.2, -0.15) is 0 Å². The summed E-state index contributed by atoms with van der Waals surface area (Å²) in [6.07, 6.45) is 8.07. The molecule has 2 aliphatic heterocycles. The number of hydrogen-bond donors (Lipinski definition) is 0. The highest BCUT2D eigenvalue weighted by Gasteiger charge is 2.64. The number of anilines is 1. The predicted molar refractivity (Wildman–Crippen MR) is 103 cm³/mol. The van der Waals surface area contributed by atoms with Crippen LogP contribution in [-0.4, -0.2) is 41.0 Å². The minimum absolute atomic E-state index is 0.0106. The first-order valence-corrected chi connectivity index (χ1v) is 10.6. The molecule has 4 aliphatic rings. The lowest BCUT2D eigenvalue weighted by Gasteiger charge is -2.48. The number of benzene rings is 1. The van der Waals surface area contributed by atoms with Crippen molar-refractivity contribution in [3.8, 4) is 0 Å². The topological polar surface area (TPSA) is 66.9 Å². The quantitative estimate of drug-likeness (QED) is 0.750. The monoisotopic (exact) mass is 382 g/mol. The number of nitrogens with zero attached hydrogens (tertiary/aromatic N) is 2. The molecule has 0 bridgehead atoms. The minimum Gasteiger partial charge on any atom is -0.462 e. The highest BCUT2D eigenvalue weighted by molar-refractivity contribution is 6.15. The van der Waals surface area contributed by atoms with E-state index in [-0.39, 0.29) is 24.3 Å². The first-order valence-electron chi connectivity index (χ1n) is 10.6. The molecule has 0 spiro atoms. The number of amides is 2. The largest absolute Gasteiger partial charge is 0.462 e. The van der Waals surface area contributed by atoms with Crippen LogP contribution in [0.4, 0.5) is 5.69 Å². The molecular weight excluding hydrogens is 356 g/mol. The molecule has 28 heavy (non-hydrogen) atoms. The third kappa shape index (κ3) is 2.57. The van der Waals surface area contributed by atoms with E-state index in [1.165, 1.54) is 19.3 Å². The summed E-state index contributed by atoms with van der Waals surface area (Å²) in [7, 11) is 0. The van der Waals surface area contributed by atoms with Crippen LogP contribution in [0.1, 0.15) is 68.1 Å². The van der Waals surface area contributed by atoms with Crippen molar-refractivity contribution in [2.24, 2.45) is 5.92 Å². The second-order valence-corrected chi connectivity index (χ2v) is 8.57. The summed E-state index contributed by atoms with van der Waals surface area (Å²) in [6, 6.07) is 7.13. The molecule has 5 rings (SSSR count). The molecular formula is C22H26N2O4. The molecule has 3 fully saturated rings. The molecule has 6 nitrogen and oxygen atoms in total. The van der Waals surface area contributed by atoms with Gasteiger partial charge < -0.3 is 9.64 Å². The highest BCUT2D eigenvalue weighted by Crippen LogP contribution is 2.49. The molecule has 0 aromatic heterocycles. The average molecular weight is 382 g/mol. The third-order valence-corrected chi connectivity index (χ3v) is 6.71. The molecule has 0 N–H and O–H groups in total. The first-order chi connectivity index (χ1) is 13.6. The number of para-hydroxylation sites is 1. The Balaban J connectivity index is 1.51. The molecule has 2 heterocycles. The maximum Gasteiger partial charge on any atom is 0.353 e. The van der Waals surface area contributed by atoms with Crippen molar-refractivity contribution in [1.82, 2.24) is 4.90 Å². The number of fused-ring (bicyclic) bond motifs is 3. The SMILES string of the molecule is O=C1CC[C@]2(C(=O)OCC3CCCCC3)N1c1ccccc1C(=O)N2C1CC1. The van der Waals surface area contributed by atoms with Crippen LogP contribution < -0.4 is 4.90 Å². The van der Waals surface area contributed by atoms with E-state index < -0.39 is 11.6 Å². The van der Waals surface area contributed by atoms with E-state index in [4.69, 9.17) is 4.74 Å². The van der Waals surface area contributed by atoms with Crippen LogP contribution in [0.2, 0.25) is 0 Å². The van der Waals surface area contributed by atoms with E-state index in [9.17, 15) is 14.4 Å². The second kappa shape index (κ2) is 6.61. The number of carbonyl (C=O) groups is 3. The molecule has 1 aromatic carbocycles. The third-order valence-electron chi connectivity index (χ3n) is 6.71. The molecule has 1 atom stereocenters. The Morgan fingerprint density at radius 2 is 1.82 bits per heavy atom. The van der Waals surface area contributed by atoms with Crippen LogP contribution in [0.15, 0.2) is 24.3 Å². The number of carbonyl (C=O) groups excluding carboxylic acids is 3. The zero-order valence-corrected chi connectivity index (χ0v) is 16.1. The molecule has 2 amide bonds. The van der Waals surface area contributed by atoms with Gasteiger partial charge in [-0.3, -0.25) is 14.5 Å². The standard InChI is InChI=1S/C22H26N2O4/c25-19-12-13-22(21(27)28-14-15-6-2-1-3-7-15)23(16-10-11-16)20(26)17-8-4-5-9-18(17)24(19)22/h4-5,8-9,15-16H,1-3,6-7,10-14H2/t22-/m1/s1. The van der Waals surface area contributed by atoms with Gasteiger partial charge >= 0.3 is 5.97 Å². The van der Waals surface area contributed by atoms with Gasteiger partial charge in [0.25, 0.3) is 5.91 Å². The molecule has 2 aliphatic carbocycles. The molecule has 2 saturated carbocycles. The van der Waals surface area contributed by atoms with E-state index in [1.54, 1.807) is 28.0 Å². The lowest BCUT2D eigenvalue weighted by atomic mass is 9.90. The lowest BCUT2D eigenvalue weighted by Crippen LogP contribution is -2.69. The summed E-state index contributed by atoms with van der Waals surface area (Å²) in [5, 5.41) is 0. The van der Waals surface area contributed by atoms with E-state index in [1.807, 2.05) is 6.07 Å². The van der Waals surface area contributed by atoms with E-state index in [0.29, 0.717) is 30.2 Å². The van der Waals surface area contributed by atoms with Crippen LogP contribution in [0, 0.1) is 5.92 Å². The number of esters is 1. The zero-order chi connectivity index (χ0) is 19.3. The summed E-state index contributed by atoms with van der Waals surface area (Å²) in [5.41, 5.74) is -0.264. The molecule has 1 saturated heterocycles. The average Bonchev–Trinajstić information content (AvgIpc) is 3.49. The maximum atomic E-state index is 13.5. The summed E-state index contributed by atoms with van der Waals surface area (Å²) in [4.78, 5) is 42.9. The normalized spacial score (nSPS) is 27.6. The van der Waals surface area contributed by atoms with Gasteiger partial charge in [0, 0.05) is 18.9 Å². The summed E-state index contributed by atoms with van der Waals surface area (Å²) >= 11 is 0. The van der Waals surface area contributed by atoms with Crippen LogP contribution in [-0.2, 0) is 14.3 Å². The highest BCUT2D eigenvalue weighted by atomic mass is 16.5. The van der Waals surface area contributed by atoms with Crippen LogP contribution in [0.25, 0.3) is 0 Å². The van der Waals surface area contributed by atoms with Crippen molar-refractivity contribution in [2.45, 2.75) is 69.5 Å². The van der Waals surface area contributed by atoms with Crippen LogP contribution in [0.3, 0.4) is 0 Å². The van der Waals surface area contributed by atoms with Crippen LogP contribution in [0.5, 0.6) is 0 Å². The van der Waals surface area contributed by atoms with Gasteiger partial charge in [0.2, 0.25) is 11.6 Å². The van der Waals surface area contributed by atoms with Crippen molar-refractivity contribution in [2.75, 3.05) is 11.5 Å². The fraction of sp³-hybridized carbons (Fsp3) is 0.591. The van der Waals surface area contributed by atoms with Crippen LogP contribution >= 0.6 is 0 Å². The van der Waals surface area contributed by atoms with Gasteiger partial charge in [0.15, 0.2) is 0 Å². The van der Waals surface area contributed by atoms with Gasteiger partial charge in [0.05, 0.1) is 17.9 Å². The Labute approximate surface area is 164 Å². The zero-order valence-electron chi connectivity index (χ0n) is 16.1. The predicted octanol–water partition coefficient (Wildman–Crippen LogP) is 3.25. The van der Waals surface area contributed by atoms with Gasteiger partial charge in [-0.25, -0.2) is 4.79 Å². The minimum atomic E-state index is -1.31. The molecule has 148 valence electrons. The van der Waals surface area contributed by atoms with Gasteiger partial charge in [-0.05, 0) is 43.7 Å². The molecule has 1 aromatic rings. The number of rotatable bonds is 4. The Morgan fingerprint density at radius 1 is 1.07 bits per heavy atom. The van der Waals surface area contributed by atoms with Crippen molar-refractivity contribution in [1.29, 1.82) is 0 Å². The summed E-state index contributed by atoms with van der Waals surface area (Å²) in [5.74, 6) is -0.307. The van der Waals surface area contributed by atoms with Crippen molar-refractivity contribution >= 4 is 23.5 Å². The molecule has 0 radical (unpaired) electrons. The van der Waals surface area contributed by atoms with E-state index in [2.05, 4.69) is 0 Å². The fourth-order valence-corrected chi connectivity index (χ4v) is 5.18. The smallest absolute Gasteiger partial charge is 0.353 e. The maximum absolute atomic E-state index is 13.5. The second-order valence-electron chi connectivity index (χ2n) is 8.57. The van der Waals surface area contributed by atoms with Gasteiger partial charge in [0.1, 0.15) is 0 Å². The Bertz CT molecular complexity index is 828. The Hall–Kier alpha value is -2.37. The van der Waals surface area contributed by atoms with Crippen molar-refractivity contribution < 1.29 is 19.1 Å². The fourth-order valence-electron chi connectivity index (χ4n) is 5.18. The molecule has 0 unspecified atom stereocenters. The Kier molecular flexibility index (Phi) is 4.18. The summed E-state index contributed by atoms with van der Waals surface area (Å²) in [6.45, 7) is 0.386. The van der Waals surface area contributed by atoms with Gasteiger partial charge in [-0.15, -0.1) is 0 Å². The Morgan fingerprint density at radius 3 is 2.57 bits per heavy atom. The van der Waals surface area contributed by atoms with Crippen molar-refractivity contribution in [3.05, 3.63) is 29.8 Å². The number of ether oxygens (including phenoxy) is 1. The first kappa shape index (κ1) is 17.7. The lowest BCUT2D eigenvalue weighted by molar-refractivity contribution is -0.159. The van der Waals surface area contributed by atoms with E-state index in [0.717, 1.165) is 25.7 Å². The van der Waals surface area contributed by atoms with Crippen molar-refractivity contribution in [3.63, 3.8) is 0 Å².